The average Bonchev–Trinajstić information content (AvgIpc) is 3.32. The second kappa shape index (κ2) is 12.0. The number of alkyl halides is 3. The maximum atomic E-state index is 13.0. The third-order valence-electron chi connectivity index (χ3n) is 7.60. The van der Waals surface area contributed by atoms with Gasteiger partial charge in [0.2, 0.25) is 5.91 Å². The molecule has 1 saturated heterocycles. The number of nitrogens with one attached hydrogen (secondary N) is 3. The van der Waals surface area contributed by atoms with Crippen molar-refractivity contribution in [1.82, 2.24) is 20.9 Å². The van der Waals surface area contributed by atoms with E-state index in [4.69, 9.17) is 0 Å². The molecule has 2 aliphatic rings. The highest BCUT2D eigenvalue weighted by molar-refractivity contribution is 5.97. The van der Waals surface area contributed by atoms with Crippen LogP contribution >= 0.6 is 0 Å². The van der Waals surface area contributed by atoms with Crippen molar-refractivity contribution in [3.05, 3.63) is 95.1 Å². The van der Waals surface area contributed by atoms with E-state index in [0.717, 1.165) is 16.7 Å². The highest BCUT2D eigenvalue weighted by Crippen LogP contribution is 2.46. The predicted molar refractivity (Wildman–Crippen MR) is 148 cm³/mol. The Hall–Kier alpha value is -4.34. The van der Waals surface area contributed by atoms with Crippen molar-refractivity contribution in [3.8, 4) is 11.1 Å². The van der Waals surface area contributed by atoms with E-state index >= 15 is 0 Å². The van der Waals surface area contributed by atoms with Crippen molar-refractivity contribution in [2.45, 2.75) is 37.4 Å². The van der Waals surface area contributed by atoms with Gasteiger partial charge in [-0.25, -0.2) is 4.79 Å². The molecule has 1 aliphatic carbocycles. The highest BCUT2D eigenvalue weighted by atomic mass is 19.4. The summed E-state index contributed by atoms with van der Waals surface area (Å²) < 4.78 is 38.5. The van der Waals surface area contributed by atoms with E-state index in [1.54, 1.807) is 29.2 Å². The van der Waals surface area contributed by atoms with Crippen LogP contribution in [0.5, 0.6) is 0 Å². The number of piperidine rings is 1. The molecule has 0 saturated carbocycles. The molecule has 0 aromatic heterocycles. The summed E-state index contributed by atoms with van der Waals surface area (Å²) in [7, 11) is 0. The summed E-state index contributed by atoms with van der Waals surface area (Å²) in [6.45, 7) is -0.0932. The highest BCUT2D eigenvalue weighted by Gasteiger charge is 2.37. The summed E-state index contributed by atoms with van der Waals surface area (Å²) in [5.41, 5.74) is 4.38. The fraction of sp³-hybridized carbons (Fsp3) is 0.323. The first kappa shape index (κ1) is 28.2. The third-order valence-corrected chi connectivity index (χ3v) is 7.60. The number of hydrogen-bond acceptors (Lipinski definition) is 3. The lowest BCUT2D eigenvalue weighted by atomic mass is 9.90. The van der Waals surface area contributed by atoms with Crippen LogP contribution in [0.25, 0.3) is 11.1 Å². The molecular weight excluding hydrogens is 533 g/mol. The van der Waals surface area contributed by atoms with Crippen molar-refractivity contribution in [2.75, 3.05) is 26.2 Å². The van der Waals surface area contributed by atoms with Crippen molar-refractivity contribution in [1.29, 1.82) is 0 Å². The molecule has 3 N–H and O–H groups in total. The number of rotatable bonds is 7. The Bertz CT molecular complexity index is 1420. The molecule has 0 bridgehead atoms. The van der Waals surface area contributed by atoms with E-state index in [9.17, 15) is 27.6 Å². The molecule has 1 heterocycles. The van der Waals surface area contributed by atoms with Crippen LogP contribution in [0.1, 0.15) is 45.8 Å². The Morgan fingerprint density at radius 1 is 0.829 bits per heavy atom. The largest absolute Gasteiger partial charge is 0.405 e. The fourth-order valence-corrected chi connectivity index (χ4v) is 5.62. The van der Waals surface area contributed by atoms with Crippen molar-refractivity contribution in [3.63, 3.8) is 0 Å². The summed E-state index contributed by atoms with van der Waals surface area (Å²) in [5, 5.41) is 8.01. The number of likely N-dealkylation sites (tertiary alicyclic amines) is 1. The molecule has 4 amide bonds. The Morgan fingerprint density at radius 3 is 2.24 bits per heavy atom. The van der Waals surface area contributed by atoms with Gasteiger partial charge in [-0.15, -0.1) is 0 Å². The van der Waals surface area contributed by atoms with Gasteiger partial charge in [0.15, 0.2) is 0 Å². The lowest BCUT2D eigenvalue weighted by Gasteiger charge is -2.32. The van der Waals surface area contributed by atoms with E-state index in [-0.39, 0.29) is 18.0 Å². The van der Waals surface area contributed by atoms with Gasteiger partial charge >= 0.3 is 12.2 Å². The predicted octanol–water partition coefficient (Wildman–Crippen LogP) is 4.62. The van der Waals surface area contributed by atoms with Gasteiger partial charge in [-0.05, 0) is 59.2 Å². The van der Waals surface area contributed by atoms with Crippen LogP contribution in [0.2, 0.25) is 0 Å². The molecule has 0 spiro atoms. The number of carbonyl (C=O) groups is 3. The van der Waals surface area contributed by atoms with Crippen molar-refractivity contribution >= 4 is 17.8 Å². The van der Waals surface area contributed by atoms with E-state index in [1.165, 1.54) is 0 Å². The molecule has 3 aromatic carbocycles. The SMILES string of the molecule is O=C(NC1CCN(C(=O)NCCc2cccc3c2C(C(=O)NCC(F)(F)F)c2ccccc2-3)CC1)c1ccccc1. The van der Waals surface area contributed by atoms with Gasteiger partial charge in [-0.3, -0.25) is 9.59 Å². The van der Waals surface area contributed by atoms with Crippen LogP contribution in [-0.2, 0) is 11.2 Å². The van der Waals surface area contributed by atoms with Gasteiger partial charge in [-0.1, -0.05) is 60.7 Å². The van der Waals surface area contributed by atoms with Crippen molar-refractivity contribution in [2.24, 2.45) is 0 Å². The number of fused-ring (bicyclic) bond motifs is 3. The molecule has 10 heteroatoms. The monoisotopic (exact) mass is 564 g/mol. The maximum absolute atomic E-state index is 13.0. The quantitative estimate of drug-likeness (QED) is 0.391. The smallest absolute Gasteiger partial charge is 0.349 e. The molecule has 0 radical (unpaired) electrons. The number of carbonyl (C=O) groups excluding carboxylic acids is 3. The minimum absolute atomic E-state index is 0.0132. The fourth-order valence-electron chi connectivity index (χ4n) is 5.62. The number of nitrogens with zero attached hydrogens (tertiary/aromatic N) is 1. The Labute approximate surface area is 236 Å². The molecule has 1 unspecified atom stereocenters. The topological polar surface area (TPSA) is 90.5 Å². The van der Waals surface area contributed by atoms with Gasteiger partial charge in [0.1, 0.15) is 6.54 Å². The first-order valence-electron chi connectivity index (χ1n) is 13.7. The summed E-state index contributed by atoms with van der Waals surface area (Å²) in [5.74, 6) is -1.69. The van der Waals surface area contributed by atoms with Crippen LogP contribution in [0.15, 0.2) is 72.8 Å². The van der Waals surface area contributed by atoms with Crippen LogP contribution in [0, 0.1) is 0 Å². The standard InChI is InChI=1S/C31H31F3N4O3/c32-31(33,34)19-36-29(40)27-25-11-5-4-10-23(25)24-12-6-9-20(26(24)27)13-16-35-30(41)38-17-14-22(15-18-38)37-28(39)21-7-2-1-3-8-21/h1-12,22,27H,13-19H2,(H,35,41)(H,36,40)(H,37,39). The van der Waals surface area contributed by atoms with Crippen LogP contribution in [-0.4, -0.2) is 61.1 Å². The average molecular weight is 565 g/mol. The van der Waals surface area contributed by atoms with Gasteiger partial charge < -0.3 is 20.9 Å². The summed E-state index contributed by atoms with van der Waals surface area (Å²) in [6, 6.07) is 21.6. The van der Waals surface area contributed by atoms with E-state index in [2.05, 4.69) is 10.6 Å². The molecule has 41 heavy (non-hydrogen) atoms. The zero-order chi connectivity index (χ0) is 29.0. The number of halogens is 3. The van der Waals surface area contributed by atoms with Crippen molar-refractivity contribution < 1.29 is 27.6 Å². The Morgan fingerprint density at radius 2 is 1.51 bits per heavy atom. The normalized spacial score (nSPS) is 16.5. The lowest BCUT2D eigenvalue weighted by Crippen LogP contribution is -2.49. The number of benzene rings is 3. The van der Waals surface area contributed by atoms with Gasteiger partial charge in [0, 0.05) is 31.2 Å². The molecule has 1 fully saturated rings. The number of amides is 4. The zero-order valence-electron chi connectivity index (χ0n) is 22.3. The van der Waals surface area contributed by atoms with E-state index in [1.807, 2.05) is 53.8 Å². The van der Waals surface area contributed by atoms with E-state index < -0.39 is 24.5 Å². The first-order valence-corrected chi connectivity index (χ1v) is 13.7. The second-order valence-corrected chi connectivity index (χ2v) is 10.3. The van der Waals surface area contributed by atoms with Gasteiger partial charge in [0.05, 0.1) is 5.92 Å². The lowest BCUT2D eigenvalue weighted by molar-refractivity contribution is -0.138. The van der Waals surface area contributed by atoms with Gasteiger partial charge in [-0.2, -0.15) is 13.2 Å². The zero-order valence-corrected chi connectivity index (χ0v) is 22.3. The Balaban J connectivity index is 1.18. The van der Waals surface area contributed by atoms with Crippen LogP contribution in [0.4, 0.5) is 18.0 Å². The molecule has 5 rings (SSSR count). The minimum Gasteiger partial charge on any atom is -0.349 e. The molecule has 7 nitrogen and oxygen atoms in total. The summed E-state index contributed by atoms with van der Waals surface area (Å²) in [4.78, 5) is 40.0. The summed E-state index contributed by atoms with van der Waals surface area (Å²) >= 11 is 0. The van der Waals surface area contributed by atoms with Crippen LogP contribution in [0.3, 0.4) is 0 Å². The van der Waals surface area contributed by atoms with Crippen LogP contribution < -0.4 is 16.0 Å². The number of urea groups is 1. The first-order chi connectivity index (χ1) is 19.7. The minimum atomic E-state index is -4.51. The van der Waals surface area contributed by atoms with Gasteiger partial charge in [0.25, 0.3) is 5.91 Å². The maximum Gasteiger partial charge on any atom is 0.405 e. The molecule has 214 valence electrons. The third kappa shape index (κ3) is 6.53. The molecule has 1 aliphatic heterocycles. The summed E-state index contributed by atoms with van der Waals surface area (Å²) in [6.07, 6.45) is -2.81. The second-order valence-electron chi connectivity index (χ2n) is 10.3. The number of hydrogen-bond donors (Lipinski definition) is 3. The Kier molecular flexibility index (Phi) is 8.28. The molecular formula is C31H31F3N4O3. The molecule has 1 atom stereocenters. The van der Waals surface area contributed by atoms with E-state index in [0.29, 0.717) is 55.6 Å². The molecule has 3 aromatic rings.